The second-order valence-corrected chi connectivity index (χ2v) is 5.93. The molecule has 1 fully saturated rings. The highest BCUT2D eigenvalue weighted by atomic mass is 16.5. The molecular weight excluding hydrogens is 260 g/mol. The molecule has 2 rings (SSSR count). The fourth-order valence-corrected chi connectivity index (χ4v) is 3.32. The normalized spacial score (nSPS) is 18.0. The third kappa shape index (κ3) is 4.13. The highest BCUT2D eigenvalue weighted by Gasteiger charge is 2.20. The number of methoxy groups -OCH3 is 1. The monoisotopic (exact) mass is 290 g/mol. The van der Waals surface area contributed by atoms with E-state index in [1.54, 1.807) is 7.11 Å². The Balaban J connectivity index is 2.31. The van der Waals surface area contributed by atoms with E-state index in [-0.39, 0.29) is 0 Å². The van der Waals surface area contributed by atoms with Crippen molar-refractivity contribution in [1.29, 1.82) is 0 Å². The first-order chi connectivity index (χ1) is 10.3. The number of nitrogens with one attached hydrogen (secondary N) is 1. The number of benzene rings is 1. The number of anilines is 1. The van der Waals surface area contributed by atoms with Gasteiger partial charge in [-0.15, -0.1) is 0 Å². The SMILES string of the molecule is CCNC(C)c1c(OC)cccc1N1CCCCCCC1. The minimum absolute atomic E-state index is 0.312. The van der Waals surface area contributed by atoms with E-state index in [1.807, 2.05) is 0 Å². The molecule has 0 radical (unpaired) electrons. The summed E-state index contributed by atoms with van der Waals surface area (Å²) in [5.41, 5.74) is 2.66. The van der Waals surface area contributed by atoms with Crippen LogP contribution >= 0.6 is 0 Å². The lowest BCUT2D eigenvalue weighted by Crippen LogP contribution is -2.30. The van der Waals surface area contributed by atoms with E-state index < -0.39 is 0 Å². The maximum atomic E-state index is 5.63. The maximum Gasteiger partial charge on any atom is 0.125 e. The topological polar surface area (TPSA) is 24.5 Å². The van der Waals surface area contributed by atoms with Crippen molar-refractivity contribution in [1.82, 2.24) is 5.32 Å². The molecule has 0 amide bonds. The largest absolute Gasteiger partial charge is 0.496 e. The van der Waals surface area contributed by atoms with Gasteiger partial charge in [0.25, 0.3) is 0 Å². The smallest absolute Gasteiger partial charge is 0.125 e. The number of hydrogen-bond acceptors (Lipinski definition) is 3. The van der Waals surface area contributed by atoms with Gasteiger partial charge < -0.3 is 15.0 Å². The molecule has 0 saturated carbocycles. The summed E-state index contributed by atoms with van der Waals surface area (Å²) in [6.07, 6.45) is 6.71. The molecule has 1 saturated heterocycles. The first kappa shape index (κ1) is 16.2. The van der Waals surface area contributed by atoms with Crippen LogP contribution in [-0.2, 0) is 0 Å². The number of hydrogen-bond donors (Lipinski definition) is 1. The highest BCUT2D eigenvalue weighted by Crippen LogP contribution is 2.35. The molecule has 3 nitrogen and oxygen atoms in total. The van der Waals surface area contributed by atoms with Gasteiger partial charge in [0.2, 0.25) is 0 Å². The van der Waals surface area contributed by atoms with Gasteiger partial charge in [0.05, 0.1) is 7.11 Å². The van der Waals surface area contributed by atoms with Gasteiger partial charge in [-0.3, -0.25) is 0 Å². The van der Waals surface area contributed by atoms with Crippen molar-refractivity contribution in [2.24, 2.45) is 0 Å². The molecule has 1 atom stereocenters. The summed E-state index contributed by atoms with van der Waals surface area (Å²) in [5, 5.41) is 3.54. The maximum absolute atomic E-state index is 5.63. The molecule has 1 heterocycles. The van der Waals surface area contributed by atoms with Gasteiger partial charge >= 0.3 is 0 Å². The van der Waals surface area contributed by atoms with Crippen molar-refractivity contribution in [3.63, 3.8) is 0 Å². The van der Waals surface area contributed by atoms with Gasteiger partial charge in [0.15, 0.2) is 0 Å². The zero-order valence-electron chi connectivity index (χ0n) is 13.8. The Labute approximate surface area is 129 Å². The minimum Gasteiger partial charge on any atom is -0.496 e. The molecule has 1 unspecified atom stereocenters. The van der Waals surface area contributed by atoms with Crippen molar-refractivity contribution < 1.29 is 4.74 Å². The molecule has 1 aromatic rings. The molecule has 21 heavy (non-hydrogen) atoms. The molecule has 3 heteroatoms. The average molecular weight is 290 g/mol. The van der Waals surface area contributed by atoms with Gasteiger partial charge in [-0.1, -0.05) is 32.3 Å². The van der Waals surface area contributed by atoms with E-state index in [0.717, 1.165) is 12.3 Å². The van der Waals surface area contributed by atoms with Gasteiger partial charge in [0, 0.05) is 30.4 Å². The predicted octanol–water partition coefficient (Wildman–Crippen LogP) is 4.14. The standard InChI is InChI=1S/C18H30N2O/c1-4-19-15(2)18-16(11-10-12-17(18)21-3)20-13-8-6-5-7-9-14-20/h10-12,15,19H,4-9,13-14H2,1-3H3. The van der Waals surface area contributed by atoms with Crippen molar-refractivity contribution in [3.05, 3.63) is 23.8 Å². The van der Waals surface area contributed by atoms with Crippen LogP contribution in [0, 0.1) is 0 Å². The number of ether oxygens (including phenoxy) is 1. The van der Waals surface area contributed by atoms with E-state index in [0.29, 0.717) is 6.04 Å². The van der Waals surface area contributed by atoms with Crippen LogP contribution in [0.4, 0.5) is 5.69 Å². The summed E-state index contributed by atoms with van der Waals surface area (Å²) >= 11 is 0. The molecule has 1 aliphatic heterocycles. The predicted molar refractivity (Wildman–Crippen MR) is 90.4 cm³/mol. The molecular formula is C18H30N2O. The van der Waals surface area contributed by atoms with Crippen LogP contribution in [0.5, 0.6) is 5.75 Å². The second kappa shape index (κ2) is 8.28. The van der Waals surface area contributed by atoms with Crippen LogP contribution in [-0.4, -0.2) is 26.7 Å². The second-order valence-electron chi connectivity index (χ2n) is 5.93. The van der Waals surface area contributed by atoms with Gasteiger partial charge in [0.1, 0.15) is 5.75 Å². The third-order valence-corrected chi connectivity index (χ3v) is 4.40. The minimum atomic E-state index is 0.312. The summed E-state index contributed by atoms with van der Waals surface area (Å²) in [6.45, 7) is 7.69. The van der Waals surface area contributed by atoms with Crippen molar-refractivity contribution >= 4 is 5.69 Å². The van der Waals surface area contributed by atoms with Crippen LogP contribution in [0.1, 0.15) is 57.6 Å². The quantitative estimate of drug-likeness (QED) is 0.882. The van der Waals surface area contributed by atoms with Crippen molar-refractivity contribution in [2.75, 3.05) is 31.6 Å². The lowest BCUT2D eigenvalue weighted by molar-refractivity contribution is 0.402. The fourth-order valence-electron chi connectivity index (χ4n) is 3.32. The molecule has 1 aliphatic rings. The number of rotatable bonds is 5. The number of nitrogens with zero attached hydrogens (tertiary/aromatic N) is 1. The van der Waals surface area contributed by atoms with Gasteiger partial charge in [-0.2, -0.15) is 0 Å². The first-order valence-electron chi connectivity index (χ1n) is 8.43. The van der Waals surface area contributed by atoms with Crippen LogP contribution in [0.15, 0.2) is 18.2 Å². The third-order valence-electron chi connectivity index (χ3n) is 4.40. The summed E-state index contributed by atoms with van der Waals surface area (Å²) in [5.74, 6) is 1.00. The average Bonchev–Trinajstić information content (AvgIpc) is 2.46. The van der Waals surface area contributed by atoms with E-state index in [9.17, 15) is 0 Å². The van der Waals surface area contributed by atoms with E-state index >= 15 is 0 Å². The lowest BCUT2D eigenvalue weighted by Gasteiger charge is -2.31. The molecule has 1 N–H and O–H groups in total. The molecule has 0 spiro atoms. The first-order valence-corrected chi connectivity index (χ1v) is 8.43. The Hall–Kier alpha value is -1.22. The Morgan fingerprint density at radius 1 is 1.14 bits per heavy atom. The van der Waals surface area contributed by atoms with Crippen LogP contribution < -0.4 is 15.0 Å². The van der Waals surface area contributed by atoms with Crippen LogP contribution in [0.25, 0.3) is 0 Å². The molecule has 0 aromatic heterocycles. The highest BCUT2D eigenvalue weighted by molar-refractivity contribution is 5.61. The van der Waals surface area contributed by atoms with Gasteiger partial charge in [-0.25, -0.2) is 0 Å². The van der Waals surface area contributed by atoms with Gasteiger partial charge in [-0.05, 0) is 38.4 Å². The van der Waals surface area contributed by atoms with E-state index in [2.05, 4.69) is 42.3 Å². The van der Waals surface area contributed by atoms with Crippen molar-refractivity contribution in [3.8, 4) is 5.75 Å². The molecule has 118 valence electrons. The Bertz CT molecular complexity index is 425. The zero-order chi connectivity index (χ0) is 15.1. The molecule has 0 bridgehead atoms. The zero-order valence-corrected chi connectivity index (χ0v) is 13.8. The van der Waals surface area contributed by atoms with Crippen molar-refractivity contribution in [2.45, 2.75) is 52.0 Å². The molecule has 0 aliphatic carbocycles. The summed E-state index contributed by atoms with van der Waals surface area (Å²) < 4.78 is 5.63. The Morgan fingerprint density at radius 3 is 2.43 bits per heavy atom. The summed E-state index contributed by atoms with van der Waals surface area (Å²) in [4.78, 5) is 2.56. The van der Waals surface area contributed by atoms with E-state index in [1.165, 1.54) is 56.4 Å². The van der Waals surface area contributed by atoms with Crippen LogP contribution in [0.3, 0.4) is 0 Å². The summed E-state index contributed by atoms with van der Waals surface area (Å²) in [6, 6.07) is 6.77. The Morgan fingerprint density at radius 2 is 1.81 bits per heavy atom. The van der Waals surface area contributed by atoms with Crippen LogP contribution in [0.2, 0.25) is 0 Å². The lowest BCUT2D eigenvalue weighted by atomic mass is 10.0. The summed E-state index contributed by atoms with van der Waals surface area (Å²) in [7, 11) is 1.77. The molecule has 1 aromatic carbocycles. The Kier molecular flexibility index (Phi) is 6.37. The fraction of sp³-hybridized carbons (Fsp3) is 0.667. The van der Waals surface area contributed by atoms with E-state index in [4.69, 9.17) is 4.74 Å².